The second-order valence-corrected chi connectivity index (χ2v) is 13.3. The summed E-state index contributed by atoms with van der Waals surface area (Å²) >= 11 is 0. The maximum atomic E-state index is 13.2. The van der Waals surface area contributed by atoms with Gasteiger partial charge in [0.1, 0.15) is 5.78 Å². The van der Waals surface area contributed by atoms with Gasteiger partial charge >= 0.3 is 0 Å². The molecule has 3 fully saturated rings. The van der Waals surface area contributed by atoms with Gasteiger partial charge in [-0.15, -0.1) is 0 Å². The normalized spacial score (nSPS) is 43.5. The lowest BCUT2D eigenvalue weighted by molar-refractivity contribution is -0.136. The number of carbonyl (C=O) groups is 1. The Labute approximate surface area is 203 Å². The molecule has 3 N–H and O–H groups in total. The molecule has 3 nitrogen and oxygen atoms in total. The van der Waals surface area contributed by atoms with Crippen molar-refractivity contribution in [2.45, 2.75) is 111 Å². The van der Waals surface area contributed by atoms with E-state index in [-0.39, 0.29) is 17.4 Å². The van der Waals surface area contributed by atoms with Crippen molar-refractivity contribution in [1.29, 1.82) is 0 Å². The third-order valence-corrected chi connectivity index (χ3v) is 11.2. The summed E-state index contributed by atoms with van der Waals surface area (Å²) in [5.41, 5.74) is 7.58. The number of carbonyl (C=O) groups excluding carboxylic acids is 1. The lowest BCUT2D eigenvalue weighted by Crippen LogP contribution is -2.55. The maximum absolute atomic E-state index is 13.2. The maximum Gasteiger partial charge on any atom is 0.138 e. The van der Waals surface area contributed by atoms with Gasteiger partial charge in [0.25, 0.3) is 0 Å². The van der Waals surface area contributed by atoms with E-state index in [1.807, 2.05) is 0 Å². The first-order chi connectivity index (χ1) is 15.6. The molecule has 33 heavy (non-hydrogen) atoms. The number of ketones is 1. The standard InChI is InChI=1S/C30H51NO2/c1-19(2)7-6-8-20(3)24-11-12-25-23-10-9-21-17-22(32)18-27(28(33)14-16-31)30(21,5)26(23)13-15-29(24,25)4/h9,19-20,22-27,32H,6-8,10-18,31H2,1-5H3/t20-,22-,23+,24-,25+,26+,27?,29-,30+/m1/s1. The number of hydrogen-bond acceptors (Lipinski definition) is 3. The molecular formula is C30H51NO2. The highest BCUT2D eigenvalue weighted by Gasteiger charge is 2.61. The van der Waals surface area contributed by atoms with E-state index >= 15 is 0 Å². The fraction of sp³-hybridized carbons (Fsp3) is 0.900. The van der Waals surface area contributed by atoms with Crippen LogP contribution >= 0.6 is 0 Å². The topological polar surface area (TPSA) is 63.3 Å². The van der Waals surface area contributed by atoms with Crippen LogP contribution in [0.3, 0.4) is 0 Å². The van der Waals surface area contributed by atoms with Crippen molar-refractivity contribution < 1.29 is 9.90 Å². The van der Waals surface area contributed by atoms with Crippen LogP contribution in [0, 0.1) is 52.3 Å². The first kappa shape index (κ1) is 25.4. The Morgan fingerprint density at radius 3 is 2.61 bits per heavy atom. The molecule has 0 heterocycles. The Bertz CT molecular complexity index is 744. The highest BCUT2D eigenvalue weighted by atomic mass is 16.3. The predicted molar refractivity (Wildman–Crippen MR) is 137 cm³/mol. The number of allylic oxidation sites excluding steroid dienone is 1. The van der Waals surface area contributed by atoms with E-state index in [9.17, 15) is 9.90 Å². The Balaban J connectivity index is 1.56. The molecule has 0 aliphatic heterocycles. The molecule has 0 amide bonds. The van der Waals surface area contributed by atoms with Crippen LogP contribution in [-0.4, -0.2) is 23.5 Å². The molecule has 0 aromatic heterocycles. The highest BCUT2D eigenvalue weighted by molar-refractivity contribution is 5.83. The molecule has 3 saturated carbocycles. The van der Waals surface area contributed by atoms with Crippen molar-refractivity contribution in [2.75, 3.05) is 6.54 Å². The Morgan fingerprint density at radius 2 is 1.91 bits per heavy atom. The van der Waals surface area contributed by atoms with Crippen molar-refractivity contribution >= 4 is 5.78 Å². The molecule has 3 heteroatoms. The quantitative estimate of drug-likeness (QED) is 0.407. The molecule has 9 atom stereocenters. The molecule has 1 unspecified atom stereocenters. The van der Waals surface area contributed by atoms with Gasteiger partial charge in [0.05, 0.1) is 6.10 Å². The zero-order chi connectivity index (χ0) is 24.0. The van der Waals surface area contributed by atoms with E-state index in [0.29, 0.717) is 42.4 Å². The fourth-order valence-electron chi connectivity index (χ4n) is 9.54. The van der Waals surface area contributed by atoms with Crippen LogP contribution in [0.4, 0.5) is 0 Å². The summed E-state index contributed by atoms with van der Waals surface area (Å²) in [6.07, 6.45) is 14.6. The molecule has 0 aromatic carbocycles. The number of Topliss-reactive ketones (excluding diaryl/α,β-unsaturated/α-hetero) is 1. The number of nitrogens with two attached hydrogens (primary N) is 1. The third kappa shape index (κ3) is 4.39. The summed E-state index contributed by atoms with van der Waals surface area (Å²) in [6.45, 7) is 12.7. The largest absolute Gasteiger partial charge is 0.393 e. The molecule has 0 bridgehead atoms. The van der Waals surface area contributed by atoms with Gasteiger partial charge in [0, 0.05) is 17.8 Å². The number of aliphatic hydroxyl groups is 1. The van der Waals surface area contributed by atoms with E-state index in [1.165, 1.54) is 50.5 Å². The molecule has 0 saturated heterocycles. The minimum absolute atomic E-state index is 0.0552. The molecule has 4 rings (SSSR count). The molecule has 4 aliphatic rings. The minimum atomic E-state index is -0.371. The summed E-state index contributed by atoms with van der Waals surface area (Å²) in [7, 11) is 0. The van der Waals surface area contributed by atoms with E-state index in [2.05, 4.69) is 40.7 Å². The van der Waals surface area contributed by atoms with E-state index in [1.54, 1.807) is 0 Å². The predicted octanol–water partition coefficient (Wildman–Crippen LogP) is 6.53. The first-order valence-electron chi connectivity index (χ1n) is 14.2. The number of hydrogen-bond donors (Lipinski definition) is 2. The van der Waals surface area contributed by atoms with Crippen LogP contribution in [0.25, 0.3) is 0 Å². The Kier molecular flexibility index (Phi) is 7.52. The number of aliphatic hydroxyl groups excluding tert-OH is 1. The van der Waals surface area contributed by atoms with Crippen molar-refractivity contribution in [1.82, 2.24) is 0 Å². The van der Waals surface area contributed by atoms with Crippen molar-refractivity contribution in [2.24, 2.45) is 58.0 Å². The Morgan fingerprint density at radius 1 is 1.15 bits per heavy atom. The van der Waals surface area contributed by atoms with E-state index in [0.717, 1.165) is 36.5 Å². The van der Waals surface area contributed by atoms with Crippen LogP contribution in [0.1, 0.15) is 105 Å². The molecule has 0 radical (unpaired) electrons. The molecule has 4 aliphatic carbocycles. The molecule has 0 aromatic rings. The van der Waals surface area contributed by atoms with Crippen LogP contribution in [0.2, 0.25) is 0 Å². The second-order valence-electron chi connectivity index (χ2n) is 13.3. The minimum Gasteiger partial charge on any atom is -0.393 e. The summed E-state index contributed by atoms with van der Waals surface area (Å²) in [5, 5.41) is 10.6. The van der Waals surface area contributed by atoms with Crippen LogP contribution in [-0.2, 0) is 4.79 Å². The van der Waals surface area contributed by atoms with Gasteiger partial charge in [0.15, 0.2) is 0 Å². The monoisotopic (exact) mass is 457 g/mol. The molecular weight excluding hydrogens is 406 g/mol. The third-order valence-electron chi connectivity index (χ3n) is 11.2. The summed E-state index contributed by atoms with van der Waals surface area (Å²) in [4.78, 5) is 13.2. The summed E-state index contributed by atoms with van der Waals surface area (Å²) in [6, 6.07) is 0. The first-order valence-corrected chi connectivity index (χ1v) is 14.2. The van der Waals surface area contributed by atoms with Gasteiger partial charge < -0.3 is 10.8 Å². The zero-order valence-corrected chi connectivity index (χ0v) is 22.1. The van der Waals surface area contributed by atoms with E-state index < -0.39 is 0 Å². The van der Waals surface area contributed by atoms with Crippen molar-refractivity contribution in [3.8, 4) is 0 Å². The fourth-order valence-corrected chi connectivity index (χ4v) is 9.54. The zero-order valence-electron chi connectivity index (χ0n) is 22.1. The summed E-state index contributed by atoms with van der Waals surface area (Å²) < 4.78 is 0. The van der Waals surface area contributed by atoms with Crippen molar-refractivity contribution in [3.05, 3.63) is 11.6 Å². The van der Waals surface area contributed by atoms with Crippen molar-refractivity contribution in [3.63, 3.8) is 0 Å². The molecule has 0 spiro atoms. The van der Waals surface area contributed by atoms with Crippen LogP contribution < -0.4 is 5.73 Å². The number of rotatable bonds is 8. The second kappa shape index (κ2) is 9.76. The SMILES string of the molecule is CC(C)CCC[C@@H](C)[C@H]1CC[C@H]2[C@@H]3CC=C4C[C@@H](O)CC(C(=O)CCN)[C@]4(C)[C@H]3CC[C@]12C. The average Bonchev–Trinajstić information content (AvgIpc) is 3.11. The number of fused-ring (bicyclic) bond motifs is 5. The lowest BCUT2D eigenvalue weighted by atomic mass is 9.44. The van der Waals surface area contributed by atoms with Gasteiger partial charge in [-0.1, -0.05) is 65.5 Å². The van der Waals surface area contributed by atoms with Crippen LogP contribution in [0.15, 0.2) is 11.6 Å². The van der Waals surface area contributed by atoms with Crippen LogP contribution in [0.5, 0.6) is 0 Å². The van der Waals surface area contributed by atoms with Gasteiger partial charge in [-0.05, 0) is 92.4 Å². The smallest absolute Gasteiger partial charge is 0.138 e. The lowest BCUT2D eigenvalue weighted by Gasteiger charge is -2.60. The van der Waals surface area contributed by atoms with Gasteiger partial charge in [-0.3, -0.25) is 4.79 Å². The summed E-state index contributed by atoms with van der Waals surface area (Å²) in [5.74, 6) is 4.81. The van der Waals surface area contributed by atoms with Gasteiger partial charge in [-0.2, -0.15) is 0 Å². The molecule has 188 valence electrons. The average molecular weight is 458 g/mol. The van der Waals surface area contributed by atoms with E-state index in [4.69, 9.17) is 5.73 Å². The van der Waals surface area contributed by atoms with Gasteiger partial charge in [-0.25, -0.2) is 0 Å². The van der Waals surface area contributed by atoms with Gasteiger partial charge in [0.2, 0.25) is 0 Å². The highest BCUT2D eigenvalue weighted by Crippen LogP contribution is 2.68. The Hall–Kier alpha value is -0.670.